The summed E-state index contributed by atoms with van der Waals surface area (Å²) < 4.78 is 0. The van der Waals surface area contributed by atoms with Crippen molar-refractivity contribution in [1.82, 2.24) is 15.1 Å². The minimum Gasteiger partial charge on any atom is -0.341 e. The molecule has 1 amide bonds. The van der Waals surface area contributed by atoms with Crippen LogP contribution < -0.4 is 5.32 Å². The molecule has 1 saturated carbocycles. The van der Waals surface area contributed by atoms with Crippen molar-refractivity contribution in [1.29, 1.82) is 0 Å². The van der Waals surface area contributed by atoms with Crippen LogP contribution in [0.15, 0.2) is 0 Å². The molecule has 2 atom stereocenters. The van der Waals surface area contributed by atoms with Gasteiger partial charge in [0.1, 0.15) is 0 Å². The van der Waals surface area contributed by atoms with Crippen LogP contribution in [0.1, 0.15) is 46.0 Å². The summed E-state index contributed by atoms with van der Waals surface area (Å²) >= 11 is 0. The maximum atomic E-state index is 12.5. The van der Waals surface area contributed by atoms with Gasteiger partial charge in [-0.3, -0.25) is 9.69 Å². The van der Waals surface area contributed by atoms with E-state index in [0.29, 0.717) is 36.4 Å². The number of amides is 1. The van der Waals surface area contributed by atoms with Gasteiger partial charge in [-0.25, -0.2) is 0 Å². The Labute approximate surface area is 130 Å². The molecule has 21 heavy (non-hydrogen) atoms. The van der Waals surface area contributed by atoms with Gasteiger partial charge in [0.25, 0.3) is 0 Å². The maximum Gasteiger partial charge on any atom is 0.236 e. The van der Waals surface area contributed by atoms with Crippen molar-refractivity contribution in [2.75, 3.05) is 33.7 Å². The van der Waals surface area contributed by atoms with Gasteiger partial charge in [0.2, 0.25) is 5.91 Å². The number of carbonyl (C=O) groups excluding carboxylic acids is 1. The molecule has 0 aromatic carbocycles. The Kier molecular flexibility index (Phi) is 6.06. The van der Waals surface area contributed by atoms with E-state index in [0.717, 1.165) is 13.1 Å². The lowest BCUT2D eigenvalue weighted by molar-refractivity contribution is -0.135. The van der Waals surface area contributed by atoms with Crippen LogP contribution in [0.4, 0.5) is 0 Å². The molecular formula is C17H33N3O. The van der Waals surface area contributed by atoms with Gasteiger partial charge in [-0.15, -0.1) is 0 Å². The fourth-order valence-corrected chi connectivity index (χ4v) is 4.11. The Balaban J connectivity index is 1.79. The van der Waals surface area contributed by atoms with E-state index in [2.05, 4.69) is 43.1 Å². The zero-order chi connectivity index (χ0) is 15.4. The van der Waals surface area contributed by atoms with Gasteiger partial charge in [-0.2, -0.15) is 0 Å². The minimum atomic E-state index is 0.326. The third kappa shape index (κ3) is 4.68. The van der Waals surface area contributed by atoms with Crippen LogP contribution in [0.25, 0.3) is 0 Å². The monoisotopic (exact) mass is 295 g/mol. The summed E-state index contributed by atoms with van der Waals surface area (Å²) in [7, 11) is 4.18. The second-order valence-electron chi connectivity index (χ2n) is 7.45. The summed E-state index contributed by atoms with van der Waals surface area (Å²) in [5.41, 5.74) is 0. The standard InChI is InChI=1S/C17H33N3O/c1-13-9-14(2)11-20(10-13)17(21)12-19(4)16-7-5-15(18-3)6-8-16/h13-16,18H,5-12H2,1-4H3. The van der Waals surface area contributed by atoms with Crippen molar-refractivity contribution in [3.05, 3.63) is 0 Å². The average Bonchev–Trinajstić information content (AvgIpc) is 2.46. The van der Waals surface area contributed by atoms with Crippen LogP contribution >= 0.6 is 0 Å². The Morgan fingerprint density at radius 3 is 2.24 bits per heavy atom. The SMILES string of the molecule is CNC1CCC(N(C)CC(=O)N2CC(C)CC(C)C2)CC1. The van der Waals surface area contributed by atoms with Crippen LogP contribution in [0.5, 0.6) is 0 Å². The zero-order valence-electron chi connectivity index (χ0n) is 14.3. The summed E-state index contributed by atoms with van der Waals surface area (Å²) in [6.45, 7) is 7.01. The van der Waals surface area contributed by atoms with Crippen LogP contribution in [0, 0.1) is 11.8 Å². The van der Waals surface area contributed by atoms with Crippen LogP contribution in [0.2, 0.25) is 0 Å². The Hall–Kier alpha value is -0.610. The first kappa shape index (κ1) is 16.8. The van der Waals surface area contributed by atoms with Crippen LogP contribution in [-0.2, 0) is 4.79 Å². The molecule has 0 aromatic rings. The van der Waals surface area contributed by atoms with Gasteiger partial charge in [0.15, 0.2) is 0 Å². The van der Waals surface area contributed by atoms with E-state index in [4.69, 9.17) is 0 Å². The van der Waals surface area contributed by atoms with E-state index in [9.17, 15) is 4.79 Å². The number of likely N-dealkylation sites (N-methyl/N-ethyl adjacent to an activating group) is 1. The largest absolute Gasteiger partial charge is 0.341 e. The Morgan fingerprint density at radius 1 is 1.14 bits per heavy atom. The zero-order valence-corrected chi connectivity index (χ0v) is 14.3. The van der Waals surface area contributed by atoms with Crippen molar-refractivity contribution in [3.63, 3.8) is 0 Å². The first-order chi connectivity index (χ1) is 9.99. The van der Waals surface area contributed by atoms with E-state index >= 15 is 0 Å². The third-order valence-electron chi connectivity index (χ3n) is 5.33. The van der Waals surface area contributed by atoms with E-state index < -0.39 is 0 Å². The number of hydrogen-bond donors (Lipinski definition) is 1. The van der Waals surface area contributed by atoms with E-state index in [-0.39, 0.29) is 0 Å². The van der Waals surface area contributed by atoms with E-state index in [1.165, 1.54) is 32.1 Å². The van der Waals surface area contributed by atoms with Crippen molar-refractivity contribution < 1.29 is 4.79 Å². The number of likely N-dealkylation sites (tertiary alicyclic amines) is 1. The lowest BCUT2D eigenvalue weighted by Gasteiger charge is -2.38. The number of rotatable bonds is 4. The molecule has 4 heteroatoms. The summed E-state index contributed by atoms with van der Waals surface area (Å²) in [6.07, 6.45) is 6.15. The van der Waals surface area contributed by atoms with Crippen LogP contribution in [-0.4, -0.2) is 61.5 Å². The van der Waals surface area contributed by atoms with E-state index in [1.54, 1.807) is 0 Å². The third-order valence-corrected chi connectivity index (χ3v) is 5.33. The van der Waals surface area contributed by atoms with Gasteiger partial charge in [0.05, 0.1) is 6.54 Å². The normalized spacial score (nSPS) is 34.2. The Morgan fingerprint density at radius 2 is 1.71 bits per heavy atom. The van der Waals surface area contributed by atoms with Crippen molar-refractivity contribution in [2.45, 2.75) is 58.0 Å². The van der Waals surface area contributed by atoms with Crippen molar-refractivity contribution >= 4 is 5.91 Å². The predicted molar refractivity (Wildman–Crippen MR) is 87.3 cm³/mol. The van der Waals surface area contributed by atoms with E-state index in [1.807, 2.05) is 0 Å². The molecule has 2 aliphatic rings. The van der Waals surface area contributed by atoms with Gasteiger partial charge >= 0.3 is 0 Å². The molecule has 0 bridgehead atoms. The number of carbonyl (C=O) groups is 1. The second-order valence-corrected chi connectivity index (χ2v) is 7.45. The highest BCUT2D eigenvalue weighted by atomic mass is 16.2. The number of nitrogens with one attached hydrogen (secondary N) is 1. The molecule has 2 fully saturated rings. The second kappa shape index (κ2) is 7.59. The highest BCUT2D eigenvalue weighted by molar-refractivity contribution is 5.78. The molecule has 2 rings (SSSR count). The molecule has 1 aliphatic carbocycles. The number of piperidine rings is 1. The first-order valence-corrected chi connectivity index (χ1v) is 8.64. The van der Waals surface area contributed by atoms with Gasteiger partial charge in [-0.05, 0) is 58.0 Å². The number of hydrogen-bond acceptors (Lipinski definition) is 3. The van der Waals surface area contributed by atoms with Crippen molar-refractivity contribution in [2.24, 2.45) is 11.8 Å². The molecule has 0 aromatic heterocycles. The smallest absolute Gasteiger partial charge is 0.236 e. The Bertz CT molecular complexity index is 329. The highest BCUT2D eigenvalue weighted by Crippen LogP contribution is 2.24. The molecule has 122 valence electrons. The topological polar surface area (TPSA) is 35.6 Å². The molecular weight excluding hydrogens is 262 g/mol. The molecule has 0 radical (unpaired) electrons. The highest BCUT2D eigenvalue weighted by Gasteiger charge is 2.28. The number of nitrogens with zero attached hydrogens (tertiary/aromatic N) is 2. The van der Waals surface area contributed by atoms with Gasteiger partial charge in [0, 0.05) is 25.2 Å². The summed E-state index contributed by atoms with van der Waals surface area (Å²) in [5.74, 6) is 1.62. The maximum absolute atomic E-state index is 12.5. The summed E-state index contributed by atoms with van der Waals surface area (Å²) in [4.78, 5) is 16.9. The quantitative estimate of drug-likeness (QED) is 0.861. The predicted octanol–water partition coefficient (Wildman–Crippen LogP) is 1.95. The molecule has 1 heterocycles. The lowest BCUT2D eigenvalue weighted by Crippen LogP contribution is -2.49. The minimum absolute atomic E-state index is 0.326. The molecule has 1 saturated heterocycles. The fourth-order valence-electron chi connectivity index (χ4n) is 4.11. The first-order valence-electron chi connectivity index (χ1n) is 8.64. The average molecular weight is 295 g/mol. The fraction of sp³-hybridized carbons (Fsp3) is 0.941. The van der Waals surface area contributed by atoms with Crippen LogP contribution in [0.3, 0.4) is 0 Å². The lowest BCUT2D eigenvalue weighted by atomic mass is 9.90. The molecule has 1 N–H and O–H groups in total. The summed E-state index contributed by atoms with van der Waals surface area (Å²) in [5, 5.41) is 3.37. The van der Waals surface area contributed by atoms with Gasteiger partial charge in [-0.1, -0.05) is 13.8 Å². The molecule has 2 unspecified atom stereocenters. The van der Waals surface area contributed by atoms with Gasteiger partial charge < -0.3 is 10.2 Å². The summed E-state index contributed by atoms with van der Waals surface area (Å²) in [6, 6.07) is 1.26. The molecule has 0 spiro atoms. The van der Waals surface area contributed by atoms with Crippen molar-refractivity contribution in [3.8, 4) is 0 Å². The molecule has 1 aliphatic heterocycles. The molecule has 4 nitrogen and oxygen atoms in total.